The molecule has 0 spiro atoms. The molecule has 0 aromatic carbocycles. The molecule has 3 heterocycles. The number of rotatable bonds is 8. The van der Waals surface area contributed by atoms with Crippen LogP contribution in [0.1, 0.15) is 42.8 Å². The monoisotopic (exact) mass is 381 g/mol. The van der Waals surface area contributed by atoms with Gasteiger partial charge in [-0.25, -0.2) is 4.98 Å². The Morgan fingerprint density at radius 3 is 2.62 bits per heavy atom. The lowest BCUT2D eigenvalue weighted by atomic mass is 10.2. The molecule has 142 valence electrons. The summed E-state index contributed by atoms with van der Waals surface area (Å²) in [6, 6.07) is 7.76. The number of alkyl halides is 2. The maximum atomic E-state index is 12.2. The maximum absolute atomic E-state index is 12.2. The van der Waals surface area contributed by atoms with Crippen molar-refractivity contribution in [2.45, 2.75) is 50.3 Å². The van der Waals surface area contributed by atoms with Crippen LogP contribution in [0.4, 0.5) is 14.6 Å². The summed E-state index contributed by atoms with van der Waals surface area (Å²) in [6.07, 6.45) is 6.94. The lowest BCUT2D eigenvalue weighted by Gasteiger charge is -2.21. The molecule has 1 saturated heterocycles. The molecule has 4 nitrogen and oxygen atoms in total. The van der Waals surface area contributed by atoms with Gasteiger partial charge in [-0.05, 0) is 42.7 Å². The Balaban J connectivity index is 1.48. The molecule has 0 atom stereocenters. The highest BCUT2D eigenvalue weighted by Gasteiger charge is 2.11. The molecule has 3 rings (SSSR count). The van der Waals surface area contributed by atoms with Gasteiger partial charge >= 0.3 is 0 Å². The summed E-state index contributed by atoms with van der Waals surface area (Å²) in [7, 11) is 0. The van der Waals surface area contributed by atoms with Gasteiger partial charge in [0.1, 0.15) is 17.3 Å². The Bertz CT molecular complexity index is 672. The molecule has 0 amide bonds. The molecule has 0 unspecified atom stereocenters. The van der Waals surface area contributed by atoms with Gasteiger partial charge < -0.3 is 14.6 Å². The molecule has 2 aromatic rings. The molecule has 26 heavy (non-hydrogen) atoms. The number of halogens is 2. The standard InChI is InChI=1S/C19H25F2N3OS/c20-19(21)26-14-17-6-5-16(25-17)13-22-12-15-7-8-23-18(11-15)24-9-3-1-2-4-10-24/h5-8,11,19,22H,1-4,9-10,12-14H2. The second kappa shape index (κ2) is 9.92. The van der Waals surface area contributed by atoms with Crippen molar-refractivity contribution in [1.82, 2.24) is 10.3 Å². The Hall–Kier alpha value is -1.60. The molecule has 0 aliphatic carbocycles. The normalized spacial score (nSPS) is 15.4. The quantitative estimate of drug-likeness (QED) is 0.711. The van der Waals surface area contributed by atoms with Crippen molar-refractivity contribution in [1.29, 1.82) is 0 Å². The van der Waals surface area contributed by atoms with Crippen LogP contribution >= 0.6 is 11.8 Å². The third-order valence-electron chi connectivity index (χ3n) is 4.44. The number of aromatic nitrogens is 1. The molecule has 1 fully saturated rings. The zero-order valence-electron chi connectivity index (χ0n) is 14.8. The lowest BCUT2D eigenvalue weighted by Crippen LogP contribution is -2.25. The number of hydrogen-bond donors (Lipinski definition) is 1. The smallest absolute Gasteiger partial charge is 0.284 e. The first kappa shape index (κ1) is 19.2. The SMILES string of the molecule is FC(F)SCc1ccc(CNCc2ccnc(N3CCCCCC3)c2)o1. The van der Waals surface area contributed by atoms with E-state index in [-0.39, 0.29) is 5.75 Å². The maximum Gasteiger partial charge on any atom is 0.284 e. The summed E-state index contributed by atoms with van der Waals surface area (Å²) in [5.74, 6) is 0.222. The predicted molar refractivity (Wildman–Crippen MR) is 101 cm³/mol. The van der Waals surface area contributed by atoms with Crippen molar-refractivity contribution in [3.63, 3.8) is 0 Å². The molecule has 2 aromatic heterocycles. The van der Waals surface area contributed by atoms with E-state index in [4.69, 9.17) is 4.42 Å². The minimum Gasteiger partial charge on any atom is -0.464 e. The van der Waals surface area contributed by atoms with Crippen LogP contribution in [0.2, 0.25) is 0 Å². The van der Waals surface area contributed by atoms with Crippen molar-refractivity contribution < 1.29 is 13.2 Å². The summed E-state index contributed by atoms with van der Waals surface area (Å²) in [4.78, 5) is 6.90. The van der Waals surface area contributed by atoms with E-state index >= 15 is 0 Å². The molecule has 7 heteroatoms. The van der Waals surface area contributed by atoms with Crippen molar-refractivity contribution in [2.24, 2.45) is 0 Å². The number of pyridine rings is 1. The van der Waals surface area contributed by atoms with Crippen LogP contribution in [-0.2, 0) is 18.8 Å². The number of hydrogen-bond acceptors (Lipinski definition) is 5. The van der Waals surface area contributed by atoms with Crippen molar-refractivity contribution >= 4 is 17.6 Å². The van der Waals surface area contributed by atoms with Gasteiger partial charge in [0.25, 0.3) is 5.76 Å². The molecule has 0 radical (unpaired) electrons. The Labute approximate surface area is 157 Å². The fourth-order valence-corrected chi connectivity index (χ4v) is 3.56. The van der Waals surface area contributed by atoms with Crippen LogP contribution < -0.4 is 10.2 Å². The van der Waals surface area contributed by atoms with Gasteiger partial charge in [-0.3, -0.25) is 0 Å². The average Bonchev–Trinajstić information content (AvgIpc) is 2.91. The second-order valence-corrected chi connectivity index (χ2v) is 7.45. The summed E-state index contributed by atoms with van der Waals surface area (Å²) >= 11 is 0.576. The number of anilines is 1. The largest absolute Gasteiger partial charge is 0.464 e. The third kappa shape index (κ3) is 5.99. The van der Waals surface area contributed by atoms with Gasteiger partial charge in [-0.1, -0.05) is 24.6 Å². The van der Waals surface area contributed by atoms with Crippen molar-refractivity contribution in [2.75, 3.05) is 18.0 Å². The molecular weight excluding hydrogens is 356 g/mol. The van der Waals surface area contributed by atoms with Crippen LogP contribution in [0.3, 0.4) is 0 Å². The van der Waals surface area contributed by atoms with E-state index in [9.17, 15) is 8.78 Å². The van der Waals surface area contributed by atoms with Gasteiger partial charge in [0.05, 0.1) is 12.3 Å². The van der Waals surface area contributed by atoms with Crippen LogP contribution in [0.5, 0.6) is 0 Å². The zero-order valence-corrected chi connectivity index (χ0v) is 15.6. The summed E-state index contributed by atoms with van der Waals surface area (Å²) < 4.78 is 30.0. The van der Waals surface area contributed by atoms with E-state index in [0.29, 0.717) is 30.6 Å². The number of nitrogens with one attached hydrogen (secondary N) is 1. The van der Waals surface area contributed by atoms with Gasteiger partial charge in [-0.15, -0.1) is 0 Å². The van der Waals surface area contributed by atoms with E-state index in [1.807, 2.05) is 18.3 Å². The van der Waals surface area contributed by atoms with Gasteiger partial charge in [0, 0.05) is 25.8 Å². The number of nitrogens with zero attached hydrogens (tertiary/aromatic N) is 2. The lowest BCUT2D eigenvalue weighted by molar-refractivity contribution is 0.251. The molecular formula is C19H25F2N3OS. The summed E-state index contributed by atoms with van der Waals surface area (Å²) in [5.41, 5.74) is 1.18. The van der Waals surface area contributed by atoms with Gasteiger partial charge in [0.15, 0.2) is 0 Å². The third-order valence-corrected chi connectivity index (χ3v) is 5.14. The van der Waals surface area contributed by atoms with Gasteiger partial charge in [0.2, 0.25) is 0 Å². The summed E-state index contributed by atoms with van der Waals surface area (Å²) in [5, 5.41) is 3.34. The highest BCUT2D eigenvalue weighted by molar-refractivity contribution is 7.98. The van der Waals surface area contributed by atoms with Crippen molar-refractivity contribution in [3.05, 3.63) is 47.5 Å². The van der Waals surface area contributed by atoms with Gasteiger partial charge in [-0.2, -0.15) is 8.78 Å². The Morgan fingerprint density at radius 1 is 1.08 bits per heavy atom. The fraction of sp³-hybridized carbons (Fsp3) is 0.526. The average molecular weight is 381 g/mol. The molecule has 1 aliphatic heterocycles. The van der Waals surface area contributed by atoms with Crippen LogP contribution in [-0.4, -0.2) is 23.8 Å². The molecule has 0 bridgehead atoms. The topological polar surface area (TPSA) is 41.3 Å². The number of thioether (sulfide) groups is 1. The highest BCUT2D eigenvalue weighted by Crippen LogP contribution is 2.21. The van der Waals surface area contributed by atoms with E-state index in [0.717, 1.165) is 24.7 Å². The Kier molecular flexibility index (Phi) is 7.32. The number of furan rings is 1. The van der Waals surface area contributed by atoms with Crippen molar-refractivity contribution in [3.8, 4) is 0 Å². The van der Waals surface area contributed by atoms with E-state index in [2.05, 4.69) is 21.3 Å². The van der Waals surface area contributed by atoms with Crippen LogP contribution in [0.25, 0.3) is 0 Å². The first-order valence-electron chi connectivity index (χ1n) is 9.08. The first-order chi connectivity index (χ1) is 12.7. The van der Waals surface area contributed by atoms with Crippen LogP contribution in [0, 0.1) is 0 Å². The zero-order chi connectivity index (χ0) is 18.2. The summed E-state index contributed by atoms with van der Waals surface area (Å²) in [6.45, 7) is 3.44. The predicted octanol–water partition coefficient (Wildman–Crippen LogP) is 4.80. The van der Waals surface area contributed by atoms with Crippen LogP contribution in [0.15, 0.2) is 34.9 Å². The molecule has 1 aliphatic rings. The second-order valence-electron chi connectivity index (χ2n) is 6.47. The van der Waals surface area contributed by atoms with E-state index < -0.39 is 5.76 Å². The molecule has 0 saturated carbocycles. The van der Waals surface area contributed by atoms with E-state index in [1.165, 1.54) is 31.2 Å². The minimum atomic E-state index is -2.37. The molecule has 1 N–H and O–H groups in total. The van der Waals surface area contributed by atoms with E-state index in [1.54, 1.807) is 6.07 Å². The first-order valence-corrected chi connectivity index (χ1v) is 10.1. The minimum absolute atomic E-state index is 0.196. The highest BCUT2D eigenvalue weighted by atomic mass is 32.2. The Morgan fingerprint density at radius 2 is 1.85 bits per heavy atom. The fourth-order valence-electron chi connectivity index (χ4n) is 3.11.